The monoisotopic (exact) mass is 236 g/mol. The van der Waals surface area contributed by atoms with Crippen molar-refractivity contribution in [1.29, 1.82) is 0 Å². The summed E-state index contributed by atoms with van der Waals surface area (Å²) in [6.07, 6.45) is -6.62. The summed E-state index contributed by atoms with van der Waals surface area (Å²) in [6.45, 7) is 0.759. The maximum atomic E-state index is 11.3. The molecule has 1 rings (SSSR count). The maximum Gasteiger partial charge on any atom is 0.220 e. The van der Waals surface area contributed by atoms with Crippen LogP contribution in [-0.4, -0.2) is 63.6 Å². The Bertz CT molecular complexity index is 276. The zero-order valence-electron chi connectivity index (χ0n) is 9.78. The first-order valence-electron chi connectivity index (χ1n) is 5.49. The number of hydrogen-bond donors (Lipinski definition) is 5. The van der Waals surface area contributed by atoms with E-state index in [-0.39, 0.29) is 0 Å². The second-order valence-electron chi connectivity index (χ2n) is 3.55. The molecule has 0 aliphatic carbocycles. The van der Waals surface area contributed by atoms with Gasteiger partial charge in [0.15, 0.2) is 6.29 Å². The highest BCUT2D eigenvalue weighted by molar-refractivity contribution is 5.76. The molecule has 0 radical (unpaired) electrons. The number of hydrogen-bond acceptors (Lipinski definition) is 6. The number of aliphatic hydroxyl groups is 4. The Labute approximate surface area is 94.1 Å². The summed E-state index contributed by atoms with van der Waals surface area (Å²) >= 11 is 0. The van der Waals surface area contributed by atoms with Crippen LogP contribution in [0.2, 0.25) is 0 Å². The minimum absolute atomic E-state index is 0.565. The molecule has 0 bridgehead atoms. The van der Waals surface area contributed by atoms with E-state index in [0.717, 1.165) is 0 Å². The molecule has 0 saturated carbocycles. The van der Waals surface area contributed by atoms with Gasteiger partial charge in [-0.15, -0.1) is 0 Å². The molecule has 0 aromatic carbocycles. The van der Waals surface area contributed by atoms with Crippen molar-refractivity contribution in [2.75, 3.05) is 6.61 Å². The van der Waals surface area contributed by atoms with E-state index in [1.54, 1.807) is 0 Å². The summed E-state index contributed by atoms with van der Waals surface area (Å²) in [5.41, 5.74) is 0. The van der Waals surface area contributed by atoms with Gasteiger partial charge in [0.2, 0.25) is 5.91 Å². The van der Waals surface area contributed by atoms with Gasteiger partial charge in [-0.05, 0) is 0 Å². The zero-order valence-corrected chi connectivity index (χ0v) is 8.78. The van der Waals surface area contributed by atoms with Crippen molar-refractivity contribution >= 4 is 5.91 Å². The SMILES string of the molecule is [2H]C(C)C(=O)N[C@H]1C(O)O[C@H](CO)[C@@H](O)[C@@H]1O. The number of amides is 1. The van der Waals surface area contributed by atoms with Crippen LogP contribution in [0.3, 0.4) is 0 Å². The van der Waals surface area contributed by atoms with Gasteiger partial charge in [0.1, 0.15) is 24.4 Å². The number of carbonyl (C=O) groups is 1. The minimum Gasteiger partial charge on any atom is -0.394 e. The van der Waals surface area contributed by atoms with E-state index >= 15 is 0 Å². The van der Waals surface area contributed by atoms with Crippen molar-refractivity contribution in [2.45, 2.75) is 44.0 Å². The minimum atomic E-state index is -1.55. The van der Waals surface area contributed by atoms with Crippen molar-refractivity contribution in [3.8, 4) is 0 Å². The molecule has 7 heteroatoms. The standard InChI is InChI=1S/C9H17NO6/c1-2-5(12)10-6-8(14)7(13)4(3-11)16-9(6)15/h4,6-9,11,13-15H,2-3H2,1H3,(H,10,12)/t4-,6-,7-,8-,9?/m1/s1/i2D/t2?,4-,6-,7-,8-,9?. The third-order valence-electron chi connectivity index (χ3n) is 2.47. The third-order valence-corrected chi connectivity index (χ3v) is 2.47. The Morgan fingerprint density at radius 1 is 1.44 bits per heavy atom. The van der Waals surface area contributed by atoms with E-state index < -0.39 is 49.6 Å². The fourth-order valence-corrected chi connectivity index (χ4v) is 1.50. The number of carbonyl (C=O) groups excluding carboxylic acids is 1. The maximum absolute atomic E-state index is 11.3. The molecular weight excluding hydrogens is 218 g/mol. The van der Waals surface area contributed by atoms with Crippen LogP contribution in [0.1, 0.15) is 14.7 Å². The molecule has 1 aliphatic heterocycles. The first-order valence-corrected chi connectivity index (χ1v) is 4.91. The van der Waals surface area contributed by atoms with Gasteiger partial charge in [-0.25, -0.2) is 0 Å². The molecular formula is C9H17NO6. The van der Waals surface area contributed by atoms with Gasteiger partial charge in [-0.3, -0.25) is 4.79 Å². The van der Waals surface area contributed by atoms with Crippen LogP contribution in [0.5, 0.6) is 0 Å². The molecule has 0 aromatic rings. The second-order valence-corrected chi connectivity index (χ2v) is 3.55. The molecule has 1 heterocycles. The molecule has 1 aliphatic rings. The van der Waals surface area contributed by atoms with E-state index in [4.69, 9.17) is 11.2 Å². The quantitative estimate of drug-likeness (QED) is 0.364. The smallest absolute Gasteiger partial charge is 0.220 e. The highest BCUT2D eigenvalue weighted by Crippen LogP contribution is 2.19. The van der Waals surface area contributed by atoms with Crippen molar-refractivity contribution in [1.82, 2.24) is 5.32 Å². The summed E-state index contributed by atoms with van der Waals surface area (Å²) in [7, 11) is 0. The van der Waals surface area contributed by atoms with Crippen LogP contribution in [-0.2, 0) is 9.53 Å². The lowest BCUT2D eigenvalue weighted by molar-refractivity contribution is -0.253. The fourth-order valence-electron chi connectivity index (χ4n) is 1.50. The number of ether oxygens (including phenoxy) is 1. The zero-order chi connectivity index (χ0) is 13.2. The average Bonchev–Trinajstić information content (AvgIpc) is 2.28. The molecule has 0 spiro atoms. The van der Waals surface area contributed by atoms with Crippen LogP contribution in [0, 0.1) is 0 Å². The molecule has 94 valence electrons. The molecule has 16 heavy (non-hydrogen) atoms. The van der Waals surface area contributed by atoms with Crippen LogP contribution in [0.25, 0.3) is 0 Å². The number of aliphatic hydroxyl groups excluding tert-OH is 4. The van der Waals surface area contributed by atoms with Crippen LogP contribution < -0.4 is 5.32 Å². The average molecular weight is 236 g/mol. The third kappa shape index (κ3) is 2.69. The van der Waals surface area contributed by atoms with Crippen LogP contribution in [0.15, 0.2) is 0 Å². The van der Waals surface area contributed by atoms with E-state index in [2.05, 4.69) is 5.32 Å². The highest BCUT2D eigenvalue weighted by atomic mass is 16.6. The van der Waals surface area contributed by atoms with E-state index in [9.17, 15) is 20.1 Å². The van der Waals surface area contributed by atoms with Gasteiger partial charge < -0.3 is 30.5 Å². The fraction of sp³-hybridized carbons (Fsp3) is 0.889. The predicted octanol–water partition coefficient (Wildman–Crippen LogP) is -2.69. The highest BCUT2D eigenvalue weighted by Gasteiger charge is 2.44. The van der Waals surface area contributed by atoms with Gasteiger partial charge in [-0.1, -0.05) is 6.92 Å². The second kappa shape index (κ2) is 5.55. The van der Waals surface area contributed by atoms with Crippen molar-refractivity contribution in [2.24, 2.45) is 0 Å². The molecule has 6 atom stereocenters. The lowest BCUT2D eigenvalue weighted by atomic mass is 9.97. The van der Waals surface area contributed by atoms with Gasteiger partial charge >= 0.3 is 0 Å². The first kappa shape index (κ1) is 11.7. The lowest BCUT2D eigenvalue weighted by Gasteiger charge is -2.40. The van der Waals surface area contributed by atoms with Crippen LogP contribution in [0.4, 0.5) is 0 Å². The number of nitrogens with one attached hydrogen (secondary N) is 1. The van der Waals surface area contributed by atoms with E-state index in [1.165, 1.54) is 6.92 Å². The lowest BCUT2D eigenvalue weighted by Crippen LogP contribution is -2.64. The van der Waals surface area contributed by atoms with Crippen molar-refractivity contribution < 1.29 is 31.3 Å². The Morgan fingerprint density at radius 2 is 2.06 bits per heavy atom. The Morgan fingerprint density at radius 3 is 2.56 bits per heavy atom. The molecule has 1 fully saturated rings. The summed E-state index contributed by atoms with van der Waals surface area (Å²) in [5, 5.41) is 39.7. The Hall–Kier alpha value is -0.730. The summed E-state index contributed by atoms with van der Waals surface area (Å²) in [4.78, 5) is 11.3. The predicted molar refractivity (Wildman–Crippen MR) is 52.2 cm³/mol. The Kier molecular flexibility index (Phi) is 4.08. The van der Waals surface area contributed by atoms with Gasteiger partial charge in [-0.2, -0.15) is 0 Å². The van der Waals surface area contributed by atoms with Crippen molar-refractivity contribution in [3.05, 3.63) is 0 Å². The number of rotatable bonds is 3. The molecule has 0 aromatic heterocycles. The van der Waals surface area contributed by atoms with Gasteiger partial charge in [0.25, 0.3) is 0 Å². The summed E-state index contributed by atoms with van der Waals surface area (Å²) in [6, 6.07) is -1.23. The molecule has 5 N–H and O–H groups in total. The summed E-state index contributed by atoms with van der Waals surface area (Å²) in [5.74, 6) is -0.702. The molecule has 2 unspecified atom stereocenters. The van der Waals surface area contributed by atoms with E-state index in [0.29, 0.717) is 0 Å². The molecule has 1 saturated heterocycles. The molecule has 1 amide bonds. The van der Waals surface area contributed by atoms with E-state index in [1.807, 2.05) is 0 Å². The Balaban J connectivity index is 2.69. The summed E-state index contributed by atoms with van der Waals surface area (Å²) < 4.78 is 12.0. The topological polar surface area (TPSA) is 119 Å². The van der Waals surface area contributed by atoms with Crippen LogP contribution >= 0.6 is 0 Å². The molecule has 7 nitrogen and oxygen atoms in total. The largest absolute Gasteiger partial charge is 0.394 e. The van der Waals surface area contributed by atoms with Gasteiger partial charge in [0, 0.05) is 7.77 Å². The normalized spacial score (nSPS) is 42.3. The first-order chi connectivity index (χ1) is 7.88. The van der Waals surface area contributed by atoms with Crippen molar-refractivity contribution in [3.63, 3.8) is 0 Å². The van der Waals surface area contributed by atoms with Gasteiger partial charge in [0.05, 0.1) is 6.61 Å².